The molecule has 330 valence electrons. The Labute approximate surface area is 404 Å². The molecule has 2 aliphatic rings. The normalized spacial score (nSPS) is 13.7. The maximum absolute atomic E-state index is 2.46. The molecule has 1 heterocycles. The average Bonchev–Trinajstić information content (AvgIpc) is 3.94. The van der Waals surface area contributed by atoms with Gasteiger partial charge in [-0.25, -0.2) is 0 Å². The molecule has 0 amide bonds. The summed E-state index contributed by atoms with van der Waals surface area (Å²) in [6.45, 7) is 9.47. The second-order valence-electron chi connectivity index (χ2n) is 19.8. The monoisotopic (exact) mass is 885 g/mol. The van der Waals surface area contributed by atoms with Crippen molar-refractivity contribution < 1.29 is 0 Å². The minimum absolute atomic E-state index is 0.118. The van der Waals surface area contributed by atoms with Crippen molar-refractivity contribution in [1.29, 1.82) is 0 Å². The molecule has 0 saturated heterocycles. The van der Waals surface area contributed by atoms with E-state index in [9.17, 15) is 0 Å². The first-order valence-corrected chi connectivity index (χ1v) is 24.2. The first-order chi connectivity index (χ1) is 33.7. The van der Waals surface area contributed by atoms with Crippen molar-refractivity contribution >= 4 is 55.9 Å². The summed E-state index contributed by atoms with van der Waals surface area (Å²) >= 11 is 0. The Morgan fingerprint density at radius 3 is 1.26 bits per heavy atom. The predicted octanol–water partition coefficient (Wildman–Crippen LogP) is 18.0. The van der Waals surface area contributed by atoms with Crippen LogP contribution in [-0.4, -0.2) is 4.57 Å². The zero-order valence-electron chi connectivity index (χ0n) is 39.4. The van der Waals surface area contributed by atoms with Crippen LogP contribution in [0.1, 0.15) is 49.9 Å². The number of rotatable bonds is 8. The van der Waals surface area contributed by atoms with Crippen molar-refractivity contribution in [3.63, 3.8) is 0 Å². The van der Waals surface area contributed by atoms with E-state index in [1.54, 1.807) is 0 Å². The quantitative estimate of drug-likeness (QED) is 0.151. The molecule has 0 fully saturated rings. The summed E-state index contributed by atoms with van der Waals surface area (Å²) in [6, 6.07) is 87.2. The van der Waals surface area contributed by atoms with Gasteiger partial charge in [0.05, 0.1) is 11.0 Å². The molecular weight excluding hydrogens is 835 g/mol. The van der Waals surface area contributed by atoms with Crippen molar-refractivity contribution in [3.05, 3.63) is 259 Å². The molecule has 1 aromatic heterocycles. The van der Waals surface area contributed by atoms with E-state index < -0.39 is 0 Å². The summed E-state index contributed by atoms with van der Waals surface area (Å²) in [7, 11) is 0. The van der Waals surface area contributed by atoms with E-state index in [0.29, 0.717) is 0 Å². The van der Waals surface area contributed by atoms with Gasteiger partial charge in [0.25, 0.3) is 0 Å². The lowest BCUT2D eigenvalue weighted by molar-refractivity contribution is 0.660. The Balaban J connectivity index is 0.905. The molecule has 10 aromatic carbocycles. The zero-order chi connectivity index (χ0) is 46.4. The highest BCUT2D eigenvalue weighted by Crippen LogP contribution is 2.53. The number of aromatic nitrogens is 1. The summed E-state index contributed by atoms with van der Waals surface area (Å²) in [4.78, 5) is 4.77. The lowest BCUT2D eigenvalue weighted by Gasteiger charge is -2.30. The molecule has 0 radical (unpaired) electrons. The van der Waals surface area contributed by atoms with Crippen LogP contribution in [0.15, 0.2) is 237 Å². The largest absolute Gasteiger partial charge is 0.311 e. The first kappa shape index (κ1) is 40.8. The Morgan fingerprint density at radius 1 is 0.290 bits per heavy atom. The smallest absolute Gasteiger partial charge is 0.0547 e. The van der Waals surface area contributed by atoms with Crippen molar-refractivity contribution in [3.8, 4) is 39.1 Å². The Hall–Kier alpha value is -8.40. The highest BCUT2D eigenvalue weighted by molar-refractivity contribution is 6.10. The van der Waals surface area contributed by atoms with Crippen molar-refractivity contribution in [1.82, 2.24) is 4.57 Å². The minimum atomic E-state index is -0.118. The van der Waals surface area contributed by atoms with Crippen molar-refractivity contribution in [2.24, 2.45) is 0 Å². The predicted molar refractivity (Wildman–Crippen MR) is 291 cm³/mol. The summed E-state index contributed by atoms with van der Waals surface area (Å²) in [5.41, 5.74) is 23.2. The van der Waals surface area contributed by atoms with Crippen LogP contribution >= 0.6 is 0 Å². The van der Waals surface area contributed by atoms with Gasteiger partial charge in [0.1, 0.15) is 0 Å². The molecule has 2 aliphatic carbocycles. The second kappa shape index (κ2) is 15.6. The maximum Gasteiger partial charge on any atom is 0.0547 e. The van der Waals surface area contributed by atoms with E-state index >= 15 is 0 Å². The fourth-order valence-corrected chi connectivity index (χ4v) is 11.7. The molecule has 0 spiro atoms. The molecule has 0 unspecified atom stereocenters. The van der Waals surface area contributed by atoms with E-state index in [0.717, 1.165) is 39.8 Å². The van der Waals surface area contributed by atoms with Gasteiger partial charge in [-0.2, -0.15) is 0 Å². The van der Waals surface area contributed by atoms with Gasteiger partial charge in [0.2, 0.25) is 0 Å². The van der Waals surface area contributed by atoms with E-state index in [4.69, 9.17) is 0 Å². The lowest BCUT2D eigenvalue weighted by Crippen LogP contribution is -2.18. The minimum Gasteiger partial charge on any atom is -0.311 e. The van der Waals surface area contributed by atoms with E-state index in [-0.39, 0.29) is 10.8 Å². The van der Waals surface area contributed by atoms with Gasteiger partial charge in [-0.3, -0.25) is 0 Å². The molecule has 69 heavy (non-hydrogen) atoms. The van der Waals surface area contributed by atoms with Crippen LogP contribution < -0.4 is 9.80 Å². The summed E-state index contributed by atoms with van der Waals surface area (Å²) in [5.74, 6) is 0. The van der Waals surface area contributed by atoms with Crippen molar-refractivity contribution in [2.75, 3.05) is 9.80 Å². The number of anilines is 6. The first-order valence-electron chi connectivity index (χ1n) is 24.2. The third-order valence-electron chi connectivity index (χ3n) is 15.2. The summed E-state index contributed by atoms with van der Waals surface area (Å²) in [6.07, 6.45) is 0. The molecule has 13 rings (SSSR count). The van der Waals surface area contributed by atoms with E-state index in [2.05, 4.69) is 279 Å². The molecule has 0 aliphatic heterocycles. The lowest BCUT2D eigenvalue weighted by atomic mass is 9.82. The van der Waals surface area contributed by atoms with Crippen LogP contribution in [0.5, 0.6) is 0 Å². The van der Waals surface area contributed by atoms with Crippen LogP contribution in [0.25, 0.3) is 60.9 Å². The fraction of sp³-hybridized carbons (Fsp3) is 0.0909. The second-order valence-corrected chi connectivity index (χ2v) is 19.8. The molecule has 3 heteroatoms. The molecule has 3 nitrogen and oxygen atoms in total. The molecule has 0 bridgehead atoms. The van der Waals surface area contributed by atoms with Crippen LogP contribution in [0.4, 0.5) is 34.1 Å². The number of benzene rings is 10. The van der Waals surface area contributed by atoms with Crippen molar-refractivity contribution in [2.45, 2.75) is 38.5 Å². The van der Waals surface area contributed by atoms with Gasteiger partial charge in [-0.1, -0.05) is 167 Å². The summed E-state index contributed by atoms with van der Waals surface area (Å²) < 4.78 is 2.42. The topological polar surface area (TPSA) is 11.4 Å². The Morgan fingerprint density at radius 2 is 0.696 bits per heavy atom. The Bertz CT molecular complexity index is 3620. The molecule has 0 atom stereocenters. The number of hydrogen-bond donors (Lipinski definition) is 0. The number of hydrogen-bond acceptors (Lipinski definition) is 2. The van der Waals surface area contributed by atoms with Gasteiger partial charge >= 0.3 is 0 Å². The van der Waals surface area contributed by atoms with Crippen LogP contribution in [-0.2, 0) is 10.8 Å². The van der Waals surface area contributed by atoms with Crippen LogP contribution in [0.3, 0.4) is 0 Å². The molecule has 0 saturated carbocycles. The van der Waals surface area contributed by atoms with E-state index in [1.165, 1.54) is 77.4 Å². The van der Waals surface area contributed by atoms with Crippen LogP contribution in [0, 0.1) is 0 Å². The van der Waals surface area contributed by atoms with Gasteiger partial charge in [-0.05, 0) is 153 Å². The van der Waals surface area contributed by atoms with Gasteiger partial charge in [-0.15, -0.1) is 0 Å². The van der Waals surface area contributed by atoms with E-state index in [1.807, 2.05) is 0 Å². The number of fused-ring (bicyclic) bond motifs is 9. The molecule has 11 aromatic rings. The fourth-order valence-electron chi connectivity index (χ4n) is 11.7. The average molecular weight is 886 g/mol. The number of para-hydroxylation sites is 3. The maximum atomic E-state index is 2.46. The highest BCUT2D eigenvalue weighted by atomic mass is 15.1. The van der Waals surface area contributed by atoms with Gasteiger partial charge < -0.3 is 14.4 Å². The van der Waals surface area contributed by atoms with Gasteiger partial charge in [0.15, 0.2) is 0 Å². The van der Waals surface area contributed by atoms with Crippen LogP contribution in [0.2, 0.25) is 0 Å². The zero-order valence-corrected chi connectivity index (χ0v) is 39.4. The standard InChI is InChI=1S/C66H51N3/c1-65(2)59-24-14-11-21-53(59)55-39-36-51(42-61(55)65)68(52-37-40-56-54-22-12-15-25-60(54)66(3,4)62(56)43-52)48-30-27-44(28-31-48)45-29-38-58-57-23-13-16-26-63(57)69(64(58)41-45)50-34-32-49(33-35-50)67(46-17-7-5-8-18-46)47-19-9-6-10-20-47/h5-43H,1-4H3. The third-order valence-corrected chi connectivity index (χ3v) is 15.2. The molecule has 0 N–H and O–H groups in total. The third kappa shape index (κ3) is 6.41. The Kier molecular flexibility index (Phi) is 9.22. The summed E-state index contributed by atoms with van der Waals surface area (Å²) in [5, 5.41) is 2.48. The molecular formula is C66H51N3. The highest BCUT2D eigenvalue weighted by Gasteiger charge is 2.37. The number of nitrogens with zero attached hydrogens (tertiary/aromatic N) is 3. The van der Waals surface area contributed by atoms with Gasteiger partial charge in [0, 0.05) is 61.4 Å². The SMILES string of the molecule is CC1(C)c2ccccc2-c2ccc(N(c3ccc(-c4ccc5c6ccccc6n(-c6ccc(N(c7ccccc7)c7ccccc7)cc6)c5c4)cc3)c3ccc4c(c3)C(C)(C)c3ccccc3-4)cc21.